The Balaban J connectivity index is 1.17. The maximum Gasteiger partial charge on any atom is 0.311 e. The first kappa shape index (κ1) is 78.3. The van der Waals surface area contributed by atoms with Gasteiger partial charge in [0.2, 0.25) is 5.91 Å². The zero-order chi connectivity index (χ0) is 69.0. The number of hydrogen-bond acceptors (Lipinski definition) is 16. The number of nitrogens with zero attached hydrogens (tertiary/aromatic N) is 2. The molecule has 0 unspecified atom stereocenters. The summed E-state index contributed by atoms with van der Waals surface area (Å²) in [6, 6.07) is 14.5. The normalized spacial score (nSPS) is 35.1. The monoisotopic (exact) mass is 1340 g/mol. The average Bonchev–Trinajstić information content (AvgIpc) is 0.771. The minimum atomic E-state index is -1.84. The summed E-state index contributed by atoms with van der Waals surface area (Å²) < 4.78 is 52.3. The van der Waals surface area contributed by atoms with Gasteiger partial charge in [-0.15, -0.1) is 0 Å². The van der Waals surface area contributed by atoms with Crippen LogP contribution in [-0.4, -0.2) is 196 Å². The van der Waals surface area contributed by atoms with Crippen LogP contribution in [0.2, 0.25) is 0 Å². The molecular formula is C76H128N2O15P+. The molecule has 0 bridgehead atoms. The lowest BCUT2D eigenvalue weighted by Crippen LogP contribution is -2.60. The molecule has 5 aliphatic rings. The third kappa shape index (κ3) is 18.5. The summed E-state index contributed by atoms with van der Waals surface area (Å²) in [6.07, 6.45) is 9.86. The van der Waals surface area contributed by atoms with E-state index in [1.165, 1.54) is 83.0 Å². The minimum absolute atomic E-state index is 0.00362. The highest BCUT2D eigenvalue weighted by molar-refractivity contribution is 7.84. The Bertz CT molecular complexity index is 2600. The summed E-state index contributed by atoms with van der Waals surface area (Å²) in [5.74, 6) is -1.40. The van der Waals surface area contributed by atoms with Crippen LogP contribution in [0.4, 0.5) is 0 Å². The highest BCUT2D eigenvalue weighted by Crippen LogP contribution is 2.73. The van der Waals surface area contributed by atoms with Gasteiger partial charge in [0.05, 0.1) is 108 Å². The van der Waals surface area contributed by atoms with Crippen molar-refractivity contribution in [3.05, 3.63) is 42.5 Å². The first-order chi connectivity index (χ1) is 44.5. The van der Waals surface area contributed by atoms with Gasteiger partial charge < -0.3 is 73.2 Å². The van der Waals surface area contributed by atoms with Crippen molar-refractivity contribution < 1.29 is 73.0 Å². The second-order valence-corrected chi connectivity index (χ2v) is 35.2. The molecule has 3 saturated heterocycles. The fraction of sp³-hybridized carbons (Fsp3) is 0.816. The van der Waals surface area contributed by atoms with E-state index in [-0.39, 0.29) is 62.5 Å². The van der Waals surface area contributed by atoms with Crippen molar-refractivity contribution in [2.24, 2.45) is 23.2 Å². The third-order valence-electron chi connectivity index (χ3n) is 22.4. The van der Waals surface area contributed by atoms with Crippen LogP contribution in [0.25, 0.3) is 11.1 Å². The molecule has 536 valence electrons. The van der Waals surface area contributed by atoms with Crippen LogP contribution in [0.5, 0.6) is 11.5 Å². The van der Waals surface area contributed by atoms with Gasteiger partial charge in [0.15, 0.2) is 12.6 Å². The Kier molecular flexibility index (Phi) is 29.0. The van der Waals surface area contributed by atoms with E-state index < -0.39 is 116 Å². The topological polar surface area (TPSA) is 216 Å². The van der Waals surface area contributed by atoms with Crippen LogP contribution in [-0.2, 0) is 38.0 Å². The highest BCUT2D eigenvalue weighted by Gasteiger charge is 2.57. The van der Waals surface area contributed by atoms with E-state index in [4.69, 9.17) is 37.9 Å². The molecule has 5 N–H and O–H groups in total. The molecule has 0 aromatic heterocycles. The van der Waals surface area contributed by atoms with Crippen LogP contribution < -0.4 is 14.8 Å². The number of esters is 1. The molecule has 0 radical (unpaired) electrons. The molecule has 94 heavy (non-hydrogen) atoms. The second-order valence-electron chi connectivity index (χ2n) is 30.9. The molecule has 7 rings (SSSR count). The van der Waals surface area contributed by atoms with Crippen molar-refractivity contribution in [2.75, 3.05) is 40.5 Å². The van der Waals surface area contributed by atoms with Crippen LogP contribution in [0, 0.1) is 23.2 Å². The molecule has 17 nitrogen and oxygen atoms in total. The number of cyclic esters (lactones) is 1. The van der Waals surface area contributed by atoms with E-state index in [1.54, 1.807) is 51.7 Å². The van der Waals surface area contributed by atoms with Crippen molar-refractivity contribution in [2.45, 2.75) is 334 Å². The Morgan fingerprint density at radius 1 is 0.766 bits per heavy atom. The van der Waals surface area contributed by atoms with Gasteiger partial charge in [-0.1, -0.05) is 77.6 Å². The number of hydrogen-bond donors (Lipinski definition) is 5. The zero-order valence-electron chi connectivity index (χ0n) is 60.9. The van der Waals surface area contributed by atoms with E-state index in [1.807, 2.05) is 46.7 Å². The Labute approximate surface area is 567 Å². The maximum atomic E-state index is 15.2. The summed E-state index contributed by atoms with van der Waals surface area (Å²) in [7, 11) is 3.46. The molecule has 2 aliphatic carbocycles. The minimum Gasteiger partial charge on any atom is -0.490 e. The molecule has 5 fully saturated rings. The number of carbonyl (C=O) groups is 2. The number of likely N-dealkylation sites (N-methyl/N-ethyl adjacent to an activating group) is 1. The number of aliphatic hydroxyl groups excluding tert-OH is 4. The van der Waals surface area contributed by atoms with Crippen LogP contribution >= 0.6 is 7.26 Å². The van der Waals surface area contributed by atoms with Gasteiger partial charge in [-0.2, -0.15) is 0 Å². The van der Waals surface area contributed by atoms with E-state index in [0.717, 1.165) is 42.7 Å². The molecule has 18 heteroatoms. The predicted octanol–water partition coefficient (Wildman–Crippen LogP) is 12.6. The van der Waals surface area contributed by atoms with Crippen LogP contribution in [0.1, 0.15) is 225 Å². The molecule has 1 amide bonds. The number of carbonyl (C=O) groups excluding carboxylic acids is 2. The number of methoxy groups -OCH3 is 1. The predicted molar refractivity (Wildman–Crippen MR) is 374 cm³/mol. The molecule has 3 heterocycles. The first-order valence-electron chi connectivity index (χ1n) is 36.6. The smallest absolute Gasteiger partial charge is 0.311 e. The lowest BCUT2D eigenvalue weighted by molar-refractivity contribution is -0.318. The van der Waals surface area contributed by atoms with Gasteiger partial charge in [0.1, 0.15) is 35.1 Å². The Hall–Kier alpha value is -3.03. The number of unbranched alkanes of at least 4 members (excludes halogenated alkanes) is 4. The van der Waals surface area contributed by atoms with Gasteiger partial charge in [-0.05, 0) is 197 Å². The highest BCUT2D eigenvalue weighted by atomic mass is 31.2. The average molecular weight is 1340 g/mol. The largest absolute Gasteiger partial charge is 0.490 e. The maximum absolute atomic E-state index is 15.2. The van der Waals surface area contributed by atoms with Crippen molar-refractivity contribution >= 4 is 24.4 Å². The van der Waals surface area contributed by atoms with Crippen molar-refractivity contribution in [3.8, 4) is 22.6 Å². The first-order valence-corrected chi connectivity index (χ1v) is 38.7. The lowest BCUT2D eigenvalue weighted by atomic mass is 9.75. The summed E-state index contributed by atoms with van der Waals surface area (Å²) in [4.78, 5) is 33.8. The van der Waals surface area contributed by atoms with Crippen LogP contribution in [0.3, 0.4) is 0 Å². The number of aliphatic hydroxyl groups is 5. The summed E-state index contributed by atoms with van der Waals surface area (Å²) >= 11 is 0. The molecule has 0 spiro atoms. The lowest BCUT2D eigenvalue weighted by Gasteiger charge is -2.48. The zero-order valence-corrected chi connectivity index (χ0v) is 61.8. The van der Waals surface area contributed by atoms with E-state index in [9.17, 15) is 25.5 Å². The van der Waals surface area contributed by atoms with E-state index in [0.29, 0.717) is 24.2 Å². The SMILES string of the molecule is CC[C@H]1OC(=O)[C@H](C)[C@@H](O[C@H]2C[C@@](C)(OC)[C@@H](O)[C@H](C)O2)[C@H](C)[C@@H](O[C@@H]2O[C@H](C)C[C@H](N(C)C)[C@H]2O)[C@](C)(O)C[C@@H](C)CN(C(=O)CCCCCCC[P+](c2ccccc2-c2c(OC(C)C)cccc2OC(C)C)(C2CCCCC2)C2CCCCC2)[C@H](C)[C@@H](O)[C@]1(C)CO. The number of amides is 1. The van der Waals surface area contributed by atoms with Crippen LogP contribution in [0.15, 0.2) is 42.5 Å². The Morgan fingerprint density at radius 3 is 1.91 bits per heavy atom. The van der Waals surface area contributed by atoms with E-state index in [2.05, 4.69) is 70.2 Å². The fourth-order valence-corrected chi connectivity index (χ4v) is 24.0. The van der Waals surface area contributed by atoms with Gasteiger partial charge >= 0.3 is 5.97 Å². The molecule has 2 saturated carbocycles. The number of ether oxygens (including phenoxy) is 8. The molecule has 18 atom stereocenters. The molecule has 2 aromatic carbocycles. The summed E-state index contributed by atoms with van der Waals surface area (Å²) in [6.45, 7) is 25.9. The third-order valence-corrected chi connectivity index (χ3v) is 28.4. The number of rotatable bonds is 24. The van der Waals surface area contributed by atoms with Crippen molar-refractivity contribution in [3.63, 3.8) is 0 Å². The molecular weight excluding hydrogens is 1210 g/mol. The van der Waals surface area contributed by atoms with Gasteiger partial charge in [0.25, 0.3) is 0 Å². The second kappa shape index (κ2) is 34.8. The van der Waals surface area contributed by atoms with Gasteiger partial charge in [-0.25, -0.2) is 0 Å². The van der Waals surface area contributed by atoms with Crippen molar-refractivity contribution in [1.29, 1.82) is 0 Å². The summed E-state index contributed by atoms with van der Waals surface area (Å²) in [5, 5.41) is 62.2. The molecule has 2 aromatic rings. The quantitative estimate of drug-likeness (QED) is 0.0375. The van der Waals surface area contributed by atoms with Crippen molar-refractivity contribution in [1.82, 2.24) is 9.80 Å². The summed E-state index contributed by atoms with van der Waals surface area (Å²) in [5.41, 5.74) is -0.552. The van der Waals surface area contributed by atoms with Gasteiger partial charge in [0, 0.05) is 44.0 Å². The van der Waals surface area contributed by atoms with E-state index >= 15 is 9.59 Å². The molecule has 3 aliphatic heterocycles. The van der Waals surface area contributed by atoms with Gasteiger partial charge in [-0.3, -0.25) is 9.59 Å². The fourth-order valence-electron chi connectivity index (χ4n) is 17.3. The number of benzene rings is 2. The standard InChI is InChI=1S/C76H128N2O15P/c1-18-63-74(12,47-79)69(82)54(10)78(46-50(6)44-75(13,85)71(93-73-67(81)59(77(15)16)43-51(7)89-73)52(8)68(53(9)72(84)91-63)92-65-45-76(14,86-17)70(83)55(11)90-65)64(80)41-28-20-19-21-31-42-94(56-33-24-22-25-34-56,57-35-26-23-27-36-57)62-40-30-29-37-58(62)66-60(87-48(2)3)38-32-39-61(66)88-49(4)5/h29-30,32,37-40,48-57,59,63,65,67-71,73,79,81-83,85H,18-28,31,33-36,41-47H2,1-17H3/q+1/t50-,51-,52+,53-,54-,55+,59+,63-,65+,67-,68+,69-,70+,71-,73+,74-,75-,76-/m1/s1. The Morgan fingerprint density at radius 2 is 1.35 bits per heavy atom.